The molecule has 1 aromatic heterocycles. The molecule has 0 spiro atoms. The molecule has 0 saturated carbocycles. The van der Waals surface area contributed by atoms with Crippen molar-refractivity contribution in [1.82, 2.24) is 0 Å². The lowest BCUT2D eigenvalue weighted by Gasteiger charge is -2.13. The number of benzene rings is 2. The predicted octanol–water partition coefficient (Wildman–Crippen LogP) is 5.08. The van der Waals surface area contributed by atoms with Crippen molar-refractivity contribution in [3.05, 3.63) is 59.5 Å². The van der Waals surface area contributed by atoms with Crippen LogP contribution in [-0.4, -0.2) is 7.11 Å². The van der Waals surface area contributed by atoms with Gasteiger partial charge in [-0.2, -0.15) is 0 Å². The molecule has 1 N–H and O–H groups in total. The molecule has 1 heterocycles. The molecular formula is C17H17NOS. The van der Waals surface area contributed by atoms with Crippen LogP contribution in [0.3, 0.4) is 0 Å². The van der Waals surface area contributed by atoms with Crippen LogP contribution in [0.2, 0.25) is 0 Å². The Morgan fingerprint density at radius 2 is 1.80 bits per heavy atom. The van der Waals surface area contributed by atoms with Crippen LogP contribution in [0, 0.1) is 0 Å². The van der Waals surface area contributed by atoms with Crippen LogP contribution in [0.1, 0.15) is 17.8 Å². The summed E-state index contributed by atoms with van der Waals surface area (Å²) in [5.41, 5.74) is 1.11. The molecule has 0 aliphatic heterocycles. The Morgan fingerprint density at radius 1 is 1.05 bits per heavy atom. The van der Waals surface area contributed by atoms with Crippen LogP contribution < -0.4 is 10.1 Å². The van der Waals surface area contributed by atoms with Crippen molar-refractivity contribution in [2.45, 2.75) is 13.0 Å². The standard InChI is InChI=1S/C17H17NOS/c1-12(18-14-7-9-15(19-2)10-8-14)17-11-13-5-3-4-6-16(13)20-17/h3-12,18H,1-2H3. The minimum absolute atomic E-state index is 0.292. The molecule has 0 bridgehead atoms. The minimum atomic E-state index is 0.292. The third kappa shape index (κ3) is 2.63. The van der Waals surface area contributed by atoms with Gasteiger partial charge in [0, 0.05) is 15.3 Å². The number of thiophene rings is 1. The van der Waals surface area contributed by atoms with E-state index in [2.05, 4.69) is 42.6 Å². The maximum Gasteiger partial charge on any atom is 0.119 e. The lowest BCUT2D eigenvalue weighted by atomic mass is 10.2. The molecule has 3 rings (SSSR count). The van der Waals surface area contributed by atoms with Crippen molar-refractivity contribution in [3.63, 3.8) is 0 Å². The highest BCUT2D eigenvalue weighted by molar-refractivity contribution is 7.19. The fourth-order valence-corrected chi connectivity index (χ4v) is 3.29. The first-order valence-corrected chi connectivity index (χ1v) is 7.47. The number of ether oxygens (including phenoxy) is 1. The van der Waals surface area contributed by atoms with Gasteiger partial charge in [-0.15, -0.1) is 11.3 Å². The molecule has 0 aliphatic carbocycles. The Hall–Kier alpha value is -2.00. The second-order valence-corrected chi connectivity index (χ2v) is 5.90. The van der Waals surface area contributed by atoms with E-state index in [9.17, 15) is 0 Å². The Balaban J connectivity index is 1.79. The summed E-state index contributed by atoms with van der Waals surface area (Å²) in [7, 11) is 1.68. The van der Waals surface area contributed by atoms with Gasteiger partial charge in [0.15, 0.2) is 0 Å². The summed E-state index contributed by atoms with van der Waals surface area (Å²) in [6.45, 7) is 2.19. The van der Waals surface area contributed by atoms with E-state index < -0.39 is 0 Å². The topological polar surface area (TPSA) is 21.3 Å². The molecule has 102 valence electrons. The monoisotopic (exact) mass is 283 g/mol. The maximum atomic E-state index is 5.17. The molecule has 0 amide bonds. The van der Waals surface area contributed by atoms with Crippen LogP contribution in [0.5, 0.6) is 5.75 Å². The van der Waals surface area contributed by atoms with Gasteiger partial charge in [0.2, 0.25) is 0 Å². The summed E-state index contributed by atoms with van der Waals surface area (Å²) in [4.78, 5) is 1.35. The summed E-state index contributed by atoms with van der Waals surface area (Å²) in [5.74, 6) is 0.880. The zero-order valence-electron chi connectivity index (χ0n) is 11.6. The minimum Gasteiger partial charge on any atom is -0.497 e. The van der Waals surface area contributed by atoms with E-state index >= 15 is 0 Å². The van der Waals surface area contributed by atoms with E-state index in [0.717, 1.165) is 11.4 Å². The van der Waals surface area contributed by atoms with Crippen molar-refractivity contribution >= 4 is 27.1 Å². The van der Waals surface area contributed by atoms with Gasteiger partial charge < -0.3 is 10.1 Å². The molecule has 0 aliphatic rings. The fourth-order valence-electron chi connectivity index (χ4n) is 2.22. The summed E-state index contributed by atoms with van der Waals surface area (Å²) in [5, 5.41) is 4.84. The molecule has 0 fully saturated rings. The van der Waals surface area contributed by atoms with Crippen LogP contribution >= 0.6 is 11.3 Å². The van der Waals surface area contributed by atoms with Gasteiger partial charge in [-0.25, -0.2) is 0 Å². The zero-order valence-corrected chi connectivity index (χ0v) is 12.4. The maximum absolute atomic E-state index is 5.17. The van der Waals surface area contributed by atoms with Gasteiger partial charge in [-0.1, -0.05) is 18.2 Å². The molecular weight excluding hydrogens is 266 g/mol. The third-order valence-corrected chi connectivity index (χ3v) is 4.64. The highest BCUT2D eigenvalue weighted by Gasteiger charge is 2.09. The normalized spacial score (nSPS) is 12.3. The molecule has 0 radical (unpaired) electrons. The molecule has 1 unspecified atom stereocenters. The van der Waals surface area contributed by atoms with E-state index in [1.807, 2.05) is 35.6 Å². The highest BCUT2D eigenvalue weighted by atomic mass is 32.1. The highest BCUT2D eigenvalue weighted by Crippen LogP contribution is 2.31. The number of rotatable bonds is 4. The third-order valence-electron chi connectivity index (χ3n) is 3.34. The van der Waals surface area contributed by atoms with E-state index in [1.165, 1.54) is 15.0 Å². The number of fused-ring (bicyclic) bond motifs is 1. The van der Waals surface area contributed by atoms with Crippen LogP contribution in [0.15, 0.2) is 54.6 Å². The summed E-state index contributed by atoms with van der Waals surface area (Å²) in [6.07, 6.45) is 0. The van der Waals surface area contributed by atoms with Crippen molar-refractivity contribution < 1.29 is 4.74 Å². The molecule has 2 aromatic carbocycles. The van der Waals surface area contributed by atoms with Gasteiger partial charge in [-0.3, -0.25) is 0 Å². The smallest absolute Gasteiger partial charge is 0.119 e. The predicted molar refractivity (Wildman–Crippen MR) is 86.9 cm³/mol. The first-order chi connectivity index (χ1) is 9.76. The number of anilines is 1. The molecule has 1 atom stereocenters. The molecule has 3 heteroatoms. The van der Waals surface area contributed by atoms with Gasteiger partial charge in [0.05, 0.1) is 13.2 Å². The number of methoxy groups -OCH3 is 1. The van der Waals surface area contributed by atoms with Gasteiger partial charge in [-0.05, 0) is 48.7 Å². The summed E-state index contributed by atoms with van der Waals surface area (Å²) < 4.78 is 6.51. The lowest BCUT2D eigenvalue weighted by molar-refractivity contribution is 0.415. The van der Waals surface area contributed by atoms with E-state index in [1.54, 1.807) is 7.11 Å². The average molecular weight is 283 g/mol. The van der Waals surface area contributed by atoms with E-state index in [4.69, 9.17) is 4.74 Å². The van der Waals surface area contributed by atoms with Crippen LogP contribution in [0.25, 0.3) is 10.1 Å². The number of hydrogen-bond acceptors (Lipinski definition) is 3. The quantitative estimate of drug-likeness (QED) is 0.720. The first kappa shape index (κ1) is 13.0. The van der Waals surface area contributed by atoms with Crippen molar-refractivity contribution in [1.29, 1.82) is 0 Å². The van der Waals surface area contributed by atoms with Crippen molar-refractivity contribution in [3.8, 4) is 5.75 Å². The lowest BCUT2D eigenvalue weighted by Crippen LogP contribution is -2.04. The average Bonchev–Trinajstić information content (AvgIpc) is 2.92. The van der Waals surface area contributed by atoms with Gasteiger partial charge >= 0.3 is 0 Å². The van der Waals surface area contributed by atoms with Crippen molar-refractivity contribution in [2.24, 2.45) is 0 Å². The molecule has 3 aromatic rings. The zero-order chi connectivity index (χ0) is 13.9. The SMILES string of the molecule is COc1ccc(NC(C)c2cc3ccccc3s2)cc1. The second kappa shape index (κ2) is 5.55. The Labute approximate surface area is 123 Å². The second-order valence-electron chi connectivity index (χ2n) is 4.78. The Morgan fingerprint density at radius 3 is 2.50 bits per heavy atom. The summed E-state index contributed by atoms with van der Waals surface area (Å²) >= 11 is 1.85. The first-order valence-electron chi connectivity index (χ1n) is 6.65. The van der Waals surface area contributed by atoms with Crippen LogP contribution in [-0.2, 0) is 0 Å². The molecule has 20 heavy (non-hydrogen) atoms. The van der Waals surface area contributed by atoms with Crippen LogP contribution in [0.4, 0.5) is 5.69 Å². The number of hydrogen-bond donors (Lipinski definition) is 1. The van der Waals surface area contributed by atoms with E-state index in [-0.39, 0.29) is 0 Å². The number of nitrogens with one attached hydrogen (secondary N) is 1. The Kier molecular flexibility index (Phi) is 3.61. The van der Waals surface area contributed by atoms with Crippen molar-refractivity contribution in [2.75, 3.05) is 12.4 Å². The Bertz CT molecular complexity index is 669. The van der Waals surface area contributed by atoms with E-state index in [0.29, 0.717) is 6.04 Å². The summed E-state index contributed by atoms with van der Waals surface area (Å²) in [6, 6.07) is 19.1. The molecule has 2 nitrogen and oxygen atoms in total. The largest absolute Gasteiger partial charge is 0.497 e. The fraction of sp³-hybridized carbons (Fsp3) is 0.176. The van der Waals surface area contributed by atoms with Gasteiger partial charge in [0.25, 0.3) is 0 Å². The van der Waals surface area contributed by atoms with Gasteiger partial charge in [0.1, 0.15) is 5.75 Å². The molecule has 0 saturated heterocycles.